The van der Waals surface area contributed by atoms with Crippen molar-refractivity contribution in [2.45, 2.75) is 31.5 Å². The Hall–Kier alpha value is -2.66. The SMILES string of the molecule is COC(=O)C1(C(=O)OC)C[C@H]2Cc3ccccc3[C@@H]1N2Cc1ccccc1. The fourth-order valence-corrected chi connectivity index (χ4v) is 4.82. The number of nitrogens with zero attached hydrogens (tertiary/aromatic N) is 1. The molecule has 2 bridgehead atoms. The van der Waals surface area contributed by atoms with Crippen LogP contribution in [0.25, 0.3) is 0 Å². The predicted molar refractivity (Wildman–Crippen MR) is 99.7 cm³/mol. The fraction of sp³-hybridized carbons (Fsp3) is 0.364. The Morgan fingerprint density at radius 1 is 1.00 bits per heavy atom. The Kier molecular flexibility index (Phi) is 4.48. The van der Waals surface area contributed by atoms with Crippen LogP contribution in [0.3, 0.4) is 0 Å². The summed E-state index contributed by atoms with van der Waals surface area (Å²) < 4.78 is 10.2. The summed E-state index contributed by atoms with van der Waals surface area (Å²) >= 11 is 0. The molecular formula is C22H23NO4. The lowest BCUT2D eigenvalue weighted by Crippen LogP contribution is -2.46. The largest absolute Gasteiger partial charge is 0.468 e. The second kappa shape index (κ2) is 6.82. The lowest BCUT2D eigenvalue weighted by molar-refractivity contribution is -0.171. The number of carbonyl (C=O) groups is 2. The molecule has 0 unspecified atom stereocenters. The van der Waals surface area contributed by atoms with Gasteiger partial charge in [0.15, 0.2) is 5.41 Å². The highest BCUT2D eigenvalue weighted by molar-refractivity contribution is 6.02. The van der Waals surface area contributed by atoms with Crippen molar-refractivity contribution >= 4 is 11.9 Å². The summed E-state index contributed by atoms with van der Waals surface area (Å²) in [6.45, 7) is 0.667. The van der Waals surface area contributed by atoms with E-state index in [0.717, 1.165) is 17.5 Å². The molecule has 5 nitrogen and oxygen atoms in total. The third kappa shape index (κ3) is 2.65. The summed E-state index contributed by atoms with van der Waals surface area (Å²) in [6, 6.07) is 17.9. The van der Waals surface area contributed by atoms with E-state index in [1.807, 2.05) is 36.4 Å². The number of carbonyl (C=O) groups excluding carboxylic acids is 2. The Labute approximate surface area is 158 Å². The highest BCUT2D eigenvalue weighted by Gasteiger charge is 2.65. The minimum Gasteiger partial charge on any atom is -0.468 e. The Morgan fingerprint density at radius 2 is 1.63 bits per heavy atom. The molecule has 1 saturated heterocycles. The second-order valence-electron chi connectivity index (χ2n) is 7.28. The molecule has 4 rings (SSSR count). The first-order valence-corrected chi connectivity index (χ1v) is 9.16. The molecule has 0 aromatic heterocycles. The van der Waals surface area contributed by atoms with Gasteiger partial charge in [-0.25, -0.2) is 0 Å². The molecule has 2 aromatic rings. The number of esters is 2. The molecule has 0 saturated carbocycles. The first kappa shape index (κ1) is 17.7. The number of benzene rings is 2. The molecule has 2 aromatic carbocycles. The minimum atomic E-state index is -1.34. The van der Waals surface area contributed by atoms with Gasteiger partial charge in [-0.15, -0.1) is 0 Å². The monoisotopic (exact) mass is 365 g/mol. The third-order valence-corrected chi connectivity index (χ3v) is 5.94. The van der Waals surface area contributed by atoms with Crippen LogP contribution in [0.1, 0.15) is 29.2 Å². The maximum absolute atomic E-state index is 12.9. The first-order chi connectivity index (χ1) is 13.1. The zero-order valence-electron chi connectivity index (χ0n) is 15.6. The molecule has 1 fully saturated rings. The highest BCUT2D eigenvalue weighted by Crippen LogP contribution is 2.56. The quantitative estimate of drug-likeness (QED) is 0.616. The van der Waals surface area contributed by atoms with Gasteiger partial charge in [0.1, 0.15) is 0 Å². The molecule has 0 radical (unpaired) electrons. The summed E-state index contributed by atoms with van der Waals surface area (Å²) in [7, 11) is 2.67. The van der Waals surface area contributed by atoms with Gasteiger partial charge in [-0.3, -0.25) is 14.5 Å². The van der Waals surface area contributed by atoms with Crippen LogP contribution in [-0.2, 0) is 32.0 Å². The number of hydrogen-bond acceptors (Lipinski definition) is 5. The van der Waals surface area contributed by atoms with Crippen LogP contribution in [0.4, 0.5) is 0 Å². The van der Waals surface area contributed by atoms with Crippen molar-refractivity contribution < 1.29 is 19.1 Å². The molecule has 0 N–H and O–H groups in total. The van der Waals surface area contributed by atoms with Crippen LogP contribution in [0, 0.1) is 5.41 Å². The van der Waals surface area contributed by atoms with E-state index in [4.69, 9.17) is 9.47 Å². The third-order valence-electron chi connectivity index (χ3n) is 5.94. The van der Waals surface area contributed by atoms with Crippen molar-refractivity contribution in [1.82, 2.24) is 4.90 Å². The van der Waals surface area contributed by atoms with Gasteiger partial charge in [-0.1, -0.05) is 54.6 Å². The van der Waals surface area contributed by atoms with Crippen LogP contribution < -0.4 is 0 Å². The number of ether oxygens (including phenoxy) is 2. The van der Waals surface area contributed by atoms with Gasteiger partial charge >= 0.3 is 11.9 Å². The van der Waals surface area contributed by atoms with E-state index in [1.165, 1.54) is 19.8 Å². The topological polar surface area (TPSA) is 55.8 Å². The van der Waals surface area contributed by atoms with Gasteiger partial charge in [-0.05, 0) is 29.5 Å². The zero-order chi connectivity index (χ0) is 19.0. The average molecular weight is 365 g/mol. The highest BCUT2D eigenvalue weighted by atomic mass is 16.5. The van der Waals surface area contributed by atoms with Gasteiger partial charge in [-0.2, -0.15) is 0 Å². The molecule has 2 aliphatic heterocycles. The van der Waals surface area contributed by atoms with Gasteiger partial charge in [0.25, 0.3) is 0 Å². The van der Waals surface area contributed by atoms with E-state index in [0.29, 0.717) is 13.0 Å². The Bertz CT molecular complexity index is 848. The Balaban J connectivity index is 1.85. The number of hydrogen-bond donors (Lipinski definition) is 0. The minimum absolute atomic E-state index is 0.0725. The molecule has 2 aliphatic rings. The van der Waals surface area contributed by atoms with E-state index >= 15 is 0 Å². The normalized spacial score (nSPS) is 22.7. The van der Waals surface area contributed by atoms with Crippen molar-refractivity contribution in [1.29, 1.82) is 0 Å². The van der Waals surface area contributed by atoms with Crippen LogP contribution in [0.5, 0.6) is 0 Å². The van der Waals surface area contributed by atoms with E-state index < -0.39 is 23.4 Å². The Morgan fingerprint density at radius 3 is 2.30 bits per heavy atom. The molecule has 140 valence electrons. The smallest absolute Gasteiger partial charge is 0.325 e. The molecule has 0 aliphatic carbocycles. The number of fused-ring (bicyclic) bond motifs is 4. The first-order valence-electron chi connectivity index (χ1n) is 9.16. The van der Waals surface area contributed by atoms with Gasteiger partial charge in [0.2, 0.25) is 0 Å². The average Bonchev–Trinajstić information content (AvgIpc) is 2.93. The van der Waals surface area contributed by atoms with E-state index in [1.54, 1.807) is 0 Å². The zero-order valence-corrected chi connectivity index (χ0v) is 15.6. The summed E-state index contributed by atoms with van der Waals surface area (Å²) in [5.41, 5.74) is 2.01. The van der Waals surface area contributed by atoms with Gasteiger partial charge in [0.05, 0.1) is 20.3 Å². The summed E-state index contributed by atoms with van der Waals surface area (Å²) in [4.78, 5) is 28.1. The molecule has 0 spiro atoms. The van der Waals surface area contributed by atoms with Crippen LogP contribution in [0.2, 0.25) is 0 Å². The molecule has 5 heteroatoms. The predicted octanol–water partition coefficient (Wildman–Crippen LogP) is 2.89. The molecule has 27 heavy (non-hydrogen) atoms. The van der Waals surface area contributed by atoms with Gasteiger partial charge in [0, 0.05) is 12.6 Å². The van der Waals surface area contributed by atoms with E-state index in [-0.39, 0.29) is 6.04 Å². The number of methoxy groups -OCH3 is 2. The van der Waals surface area contributed by atoms with Crippen LogP contribution in [-0.4, -0.2) is 37.1 Å². The van der Waals surface area contributed by atoms with Crippen LogP contribution in [0.15, 0.2) is 54.6 Å². The standard InChI is InChI=1S/C22H23NO4/c1-26-20(24)22(21(25)27-2)13-17-12-16-10-6-7-11-18(16)19(22)23(17)14-15-8-4-3-5-9-15/h3-11,17,19H,12-14H2,1-2H3/t17-,19+/m1/s1. The van der Waals surface area contributed by atoms with E-state index in [9.17, 15) is 9.59 Å². The molecule has 2 atom stereocenters. The molecule has 2 heterocycles. The lowest BCUT2D eigenvalue weighted by atomic mass is 9.76. The molecular weight excluding hydrogens is 342 g/mol. The number of rotatable bonds is 4. The van der Waals surface area contributed by atoms with Crippen molar-refractivity contribution in [3.8, 4) is 0 Å². The maximum Gasteiger partial charge on any atom is 0.325 e. The maximum atomic E-state index is 12.9. The molecule has 0 amide bonds. The van der Waals surface area contributed by atoms with Crippen molar-refractivity contribution in [3.63, 3.8) is 0 Å². The lowest BCUT2D eigenvalue weighted by Gasteiger charge is -2.39. The van der Waals surface area contributed by atoms with E-state index in [2.05, 4.69) is 23.1 Å². The van der Waals surface area contributed by atoms with Crippen molar-refractivity contribution in [3.05, 3.63) is 71.3 Å². The van der Waals surface area contributed by atoms with Crippen molar-refractivity contribution in [2.75, 3.05) is 14.2 Å². The van der Waals surface area contributed by atoms with Crippen LogP contribution >= 0.6 is 0 Å². The van der Waals surface area contributed by atoms with Gasteiger partial charge < -0.3 is 9.47 Å². The summed E-state index contributed by atoms with van der Waals surface area (Å²) in [5, 5.41) is 0. The van der Waals surface area contributed by atoms with Crippen molar-refractivity contribution in [2.24, 2.45) is 5.41 Å². The summed E-state index contributed by atoms with van der Waals surface area (Å²) in [5.74, 6) is -1.03. The summed E-state index contributed by atoms with van der Waals surface area (Å²) in [6.07, 6.45) is 1.20. The second-order valence-corrected chi connectivity index (χ2v) is 7.28. The fourth-order valence-electron chi connectivity index (χ4n) is 4.82.